The maximum Gasteiger partial charge on any atom is 0.416 e. The fourth-order valence-electron chi connectivity index (χ4n) is 2.66. The quantitative estimate of drug-likeness (QED) is 0.852. The standard InChI is InChI=1S/C16H20F3NO2/c17-16(18,19)13-3-5-14(6-4-13)22-15-10-20(7-8-21-11-15)9-12-1-2-12/h3-6,12,15H,1-2,7-11H2. The predicted octanol–water partition coefficient (Wildman–Crippen LogP) is 3.20. The minimum Gasteiger partial charge on any atom is -0.487 e. The van der Waals surface area contributed by atoms with Gasteiger partial charge in [0.2, 0.25) is 0 Å². The van der Waals surface area contributed by atoms with Gasteiger partial charge in [-0.3, -0.25) is 4.90 Å². The van der Waals surface area contributed by atoms with E-state index in [4.69, 9.17) is 9.47 Å². The van der Waals surface area contributed by atoms with Gasteiger partial charge in [-0.05, 0) is 43.0 Å². The van der Waals surface area contributed by atoms with Gasteiger partial charge in [-0.15, -0.1) is 0 Å². The van der Waals surface area contributed by atoms with Crippen LogP contribution < -0.4 is 4.74 Å². The summed E-state index contributed by atoms with van der Waals surface area (Å²) in [5.74, 6) is 1.25. The molecule has 0 spiro atoms. The van der Waals surface area contributed by atoms with Crippen molar-refractivity contribution >= 4 is 0 Å². The van der Waals surface area contributed by atoms with Crippen LogP contribution in [0.1, 0.15) is 18.4 Å². The van der Waals surface area contributed by atoms with Crippen molar-refractivity contribution in [2.75, 3.05) is 32.8 Å². The number of halogens is 3. The molecule has 1 aliphatic heterocycles. The lowest BCUT2D eigenvalue weighted by atomic mass is 10.2. The molecule has 0 aromatic heterocycles. The van der Waals surface area contributed by atoms with Crippen molar-refractivity contribution < 1.29 is 22.6 Å². The van der Waals surface area contributed by atoms with Gasteiger partial charge in [0.05, 0.1) is 18.8 Å². The Labute approximate surface area is 128 Å². The van der Waals surface area contributed by atoms with Gasteiger partial charge in [0.1, 0.15) is 11.9 Å². The molecule has 1 saturated heterocycles. The topological polar surface area (TPSA) is 21.7 Å². The van der Waals surface area contributed by atoms with Crippen LogP contribution in [-0.2, 0) is 10.9 Å². The Kier molecular flexibility index (Phi) is 4.59. The summed E-state index contributed by atoms with van der Waals surface area (Å²) in [6.45, 7) is 3.87. The fraction of sp³-hybridized carbons (Fsp3) is 0.625. The summed E-state index contributed by atoms with van der Waals surface area (Å²) in [4.78, 5) is 2.33. The SMILES string of the molecule is FC(F)(F)c1ccc(OC2COCCN(CC3CC3)C2)cc1. The minimum absolute atomic E-state index is 0.141. The smallest absolute Gasteiger partial charge is 0.416 e. The zero-order valence-electron chi connectivity index (χ0n) is 12.3. The van der Waals surface area contributed by atoms with Crippen LogP contribution >= 0.6 is 0 Å². The highest BCUT2D eigenvalue weighted by Crippen LogP contribution is 2.31. The second kappa shape index (κ2) is 6.46. The summed E-state index contributed by atoms with van der Waals surface area (Å²) in [5, 5.41) is 0. The third-order valence-corrected chi connectivity index (χ3v) is 4.02. The van der Waals surface area contributed by atoms with E-state index < -0.39 is 11.7 Å². The molecular formula is C16H20F3NO2. The Bertz CT molecular complexity index is 485. The van der Waals surface area contributed by atoms with Crippen LogP contribution in [0.15, 0.2) is 24.3 Å². The molecule has 0 amide bonds. The van der Waals surface area contributed by atoms with Gasteiger partial charge in [0.15, 0.2) is 0 Å². The largest absolute Gasteiger partial charge is 0.487 e. The lowest BCUT2D eigenvalue weighted by Crippen LogP contribution is -2.37. The average Bonchev–Trinajstić information content (AvgIpc) is 3.28. The van der Waals surface area contributed by atoms with E-state index in [1.807, 2.05) is 0 Å². The molecular weight excluding hydrogens is 295 g/mol. The zero-order chi connectivity index (χ0) is 15.6. The summed E-state index contributed by atoms with van der Waals surface area (Å²) >= 11 is 0. The molecule has 3 nitrogen and oxygen atoms in total. The number of nitrogens with zero attached hydrogens (tertiary/aromatic N) is 1. The Morgan fingerprint density at radius 3 is 2.55 bits per heavy atom. The summed E-state index contributed by atoms with van der Waals surface area (Å²) in [6.07, 6.45) is -1.87. The van der Waals surface area contributed by atoms with E-state index >= 15 is 0 Å². The van der Waals surface area contributed by atoms with E-state index in [0.717, 1.165) is 37.7 Å². The summed E-state index contributed by atoms with van der Waals surface area (Å²) < 4.78 is 49.0. The van der Waals surface area contributed by atoms with Crippen molar-refractivity contribution in [3.05, 3.63) is 29.8 Å². The van der Waals surface area contributed by atoms with E-state index in [1.165, 1.54) is 25.0 Å². The summed E-state index contributed by atoms with van der Waals surface area (Å²) in [5.41, 5.74) is -0.660. The Balaban J connectivity index is 1.58. The number of alkyl halides is 3. The highest BCUT2D eigenvalue weighted by Gasteiger charge is 2.30. The fourth-order valence-corrected chi connectivity index (χ4v) is 2.66. The van der Waals surface area contributed by atoms with Crippen LogP contribution in [0.4, 0.5) is 13.2 Å². The highest BCUT2D eigenvalue weighted by molar-refractivity contribution is 5.29. The first kappa shape index (κ1) is 15.6. The van der Waals surface area contributed by atoms with Crippen LogP contribution in [0.3, 0.4) is 0 Å². The van der Waals surface area contributed by atoms with Crippen molar-refractivity contribution in [2.45, 2.75) is 25.1 Å². The third kappa shape index (κ3) is 4.36. The molecule has 2 aliphatic rings. The highest BCUT2D eigenvalue weighted by atomic mass is 19.4. The molecule has 2 fully saturated rings. The van der Waals surface area contributed by atoms with E-state index in [0.29, 0.717) is 19.0 Å². The van der Waals surface area contributed by atoms with Crippen LogP contribution in [0, 0.1) is 5.92 Å². The maximum atomic E-state index is 12.5. The Morgan fingerprint density at radius 2 is 1.91 bits per heavy atom. The van der Waals surface area contributed by atoms with Gasteiger partial charge in [-0.1, -0.05) is 0 Å². The number of benzene rings is 1. The molecule has 22 heavy (non-hydrogen) atoms. The first-order chi connectivity index (χ1) is 10.5. The molecule has 1 atom stereocenters. The molecule has 1 aromatic rings. The molecule has 0 bridgehead atoms. The van der Waals surface area contributed by atoms with Crippen molar-refractivity contribution in [2.24, 2.45) is 5.92 Å². The Hall–Kier alpha value is -1.27. The predicted molar refractivity (Wildman–Crippen MR) is 75.8 cm³/mol. The van der Waals surface area contributed by atoms with Crippen molar-refractivity contribution in [1.29, 1.82) is 0 Å². The molecule has 1 unspecified atom stereocenters. The van der Waals surface area contributed by atoms with Crippen LogP contribution in [0.2, 0.25) is 0 Å². The molecule has 1 aliphatic carbocycles. The Morgan fingerprint density at radius 1 is 1.18 bits per heavy atom. The first-order valence-corrected chi connectivity index (χ1v) is 7.65. The van der Waals surface area contributed by atoms with Gasteiger partial charge in [-0.25, -0.2) is 0 Å². The monoisotopic (exact) mass is 315 g/mol. The van der Waals surface area contributed by atoms with Crippen LogP contribution in [0.25, 0.3) is 0 Å². The van der Waals surface area contributed by atoms with Gasteiger partial charge < -0.3 is 9.47 Å². The maximum absolute atomic E-state index is 12.5. The molecule has 0 radical (unpaired) electrons. The van der Waals surface area contributed by atoms with E-state index in [9.17, 15) is 13.2 Å². The van der Waals surface area contributed by atoms with Crippen molar-refractivity contribution in [1.82, 2.24) is 4.90 Å². The molecule has 6 heteroatoms. The summed E-state index contributed by atoms with van der Waals surface area (Å²) in [7, 11) is 0. The number of rotatable bonds is 4. The van der Waals surface area contributed by atoms with E-state index in [2.05, 4.69) is 4.90 Å². The first-order valence-electron chi connectivity index (χ1n) is 7.65. The van der Waals surface area contributed by atoms with Gasteiger partial charge in [0.25, 0.3) is 0 Å². The van der Waals surface area contributed by atoms with Crippen LogP contribution in [-0.4, -0.2) is 43.9 Å². The lowest BCUT2D eigenvalue weighted by Gasteiger charge is -2.24. The van der Waals surface area contributed by atoms with Crippen molar-refractivity contribution in [3.63, 3.8) is 0 Å². The number of hydrogen-bond acceptors (Lipinski definition) is 3. The second-order valence-electron chi connectivity index (χ2n) is 6.04. The van der Waals surface area contributed by atoms with Crippen molar-refractivity contribution in [3.8, 4) is 5.75 Å². The molecule has 1 saturated carbocycles. The normalized spacial score (nSPS) is 24.0. The van der Waals surface area contributed by atoms with E-state index in [-0.39, 0.29) is 6.10 Å². The second-order valence-corrected chi connectivity index (χ2v) is 6.04. The third-order valence-electron chi connectivity index (χ3n) is 4.02. The number of ether oxygens (including phenoxy) is 2. The van der Waals surface area contributed by atoms with Crippen LogP contribution in [0.5, 0.6) is 5.75 Å². The molecule has 1 heterocycles. The van der Waals surface area contributed by atoms with Gasteiger partial charge >= 0.3 is 6.18 Å². The molecule has 122 valence electrons. The lowest BCUT2D eigenvalue weighted by molar-refractivity contribution is -0.137. The number of hydrogen-bond donors (Lipinski definition) is 0. The molecule has 0 N–H and O–H groups in total. The average molecular weight is 315 g/mol. The van der Waals surface area contributed by atoms with Gasteiger partial charge in [-0.2, -0.15) is 13.2 Å². The minimum atomic E-state index is -4.31. The van der Waals surface area contributed by atoms with E-state index in [1.54, 1.807) is 0 Å². The zero-order valence-corrected chi connectivity index (χ0v) is 12.3. The summed E-state index contributed by atoms with van der Waals surface area (Å²) in [6, 6.07) is 4.85. The van der Waals surface area contributed by atoms with Gasteiger partial charge in [0, 0.05) is 19.6 Å². The molecule has 3 rings (SSSR count). The molecule has 1 aromatic carbocycles.